The zero-order valence-corrected chi connectivity index (χ0v) is 34.0. The highest BCUT2D eigenvalue weighted by Gasteiger charge is 2.51. The van der Waals surface area contributed by atoms with Gasteiger partial charge in [-0.05, 0) is 91.4 Å². The Kier molecular flexibility index (Phi) is 7.46. The highest BCUT2D eigenvalue weighted by molar-refractivity contribution is 7.26. The molecule has 11 aromatic rings. The molecule has 1 spiro atoms. The number of fused-ring (bicyclic) bond motifs is 14. The minimum Gasteiger partial charge on any atom is -0.309 e. The minimum absolute atomic E-state index is 0.374. The van der Waals surface area contributed by atoms with Crippen molar-refractivity contribution in [1.29, 1.82) is 0 Å². The Morgan fingerprint density at radius 2 is 0.836 bits per heavy atom. The molecule has 1 aromatic heterocycles. The molecule has 1 nitrogen and oxygen atoms in total. The van der Waals surface area contributed by atoms with Crippen LogP contribution in [0.1, 0.15) is 22.3 Å². The Hall–Kier alpha value is -7.52. The molecule has 284 valence electrons. The van der Waals surface area contributed by atoms with Gasteiger partial charge in [0.15, 0.2) is 0 Å². The first-order valence-corrected chi connectivity index (χ1v) is 21.9. The van der Waals surface area contributed by atoms with Crippen molar-refractivity contribution in [3.63, 3.8) is 0 Å². The average molecular weight is 792 g/mol. The highest BCUT2D eigenvalue weighted by atomic mass is 32.1. The molecule has 0 bridgehead atoms. The summed E-state index contributed by atoms with van der Waals surface area (Å²) in [5, 5.41) is 5.04. The SMILES string of the molecule is c1ccc(N(c2ccc(-c3cccc4c3-c3ccccc3C43c4ccccc4-c4ccccc43)cc2)c2cccc3ccccc23)c(-c2cccc3c2sc2ccccc23)c1. The summed E-state index contributed by atoms with van der Waals surface area (Å²) < 4.78 is 2.62. The molecular weight excluding hydrogens is 755 g/mol. The Morgan fingerprint density at radius 3 is 1.62 bits per heavy atom. The first kappa shape index (κ1) is 34.4. The molecule has 10 aromatic carbocycles. The lowest BCUT2D eigenvalue weighted by molar-refractivity contribution is 0.794. The number of para-hydroxylation sites is 1. The van der Waals surface area contributed by atoms with Crippen LogP contribution in [0.25, 0.3) is 75.5 Å². The number of anilines is 3. The molecule has 0 saturated heterocycles. The third-order valence-corrected chi connectivity index (χ3v) is 14.5. The van der Waals surface area contributed by atoms with Gasteiger partial charge in [0.1, 0.15) is 0 Å². The Balaban J connectivity index is 1.01. The second kappa shape index (κ2) is 13.2. The van der Waals surface area contributed by atoms with Crippen LogP contribution in [-0.2, 0) is 5.41 Å². The number of rotatable bonds is 5. The van der Waals surface area contributed by atoms with Crippen LogP contribution >= 0.6 is 11.3 Å². The lowest BCUT2D eigenvalue weighted by Crippen LogP contribution is -2.25. The third-order valence-electron chi connectivity index (χ3n) is 13.3. The van der Waals surface area contributed by atoms with Gasteiger partial charge in [0.05, 0.1) is 16.8 Å². The van der Waals surface area contributed by atoms with E-state index in [2.05, 4.69) is 229 Å². The van der Waals surface area contributed by atoms with Crippen molar-refractivity contribution >= 4 is 59.3 Å². The monoisotopic (exact) mass is 791 g/mol. The van der Waals surface area contributed by atoms with E-state index in [9.17, 15) is 0 Å². The van der Waals surface area contributed by atoms with E-state index in [1.54, 1.807) is 0 Å². The first-order valence-electron chi connectivity index (χ1n) is 21.1. The van der Waals surface area contributed by atoms with Crippen molar-refractivity contribution in [2.75, 3.05) is 4.90 Å². The molecule has 0 radical (unpaired) electrons. The smallest absolute Gasteiger partial charge is 0.0725 e. The van der Waals surface area contributed by atoms with Crippen molar-refractivity contribution < 1.29 is 0 Å². The summed E-state index contributed by atoms with van der Waals surface area (Å²) in [7, 11) is 0. The van der Waals surface area contributed by atoms with E-state index < -0.39 is 0 Å². The molecule has 0 amide bonds. The maximum atomic E-state index is 2.47. The van der Waals surface area contributed by atoms with Crippen LogP contribution in [0, 0.1) is 0 Å². The topological polar surface area (TPSA) is 3.24 Å². The minimum atomic E-state index is -0.374. The van der Waals surface area contributed by atoms with Gasteiger partial charge >= 0.3 is 0 Å². The van der Waals surface area contributed by atoms with Crippen LogP contribution in [-0.4, -0.2) is 0 Å². The van der Waals surface area contributed by atoms with Gasteiger partial charge in [-0.25, -0.2) is 0 Å². The van der Waals surface area contributed by atoms with Crippen molar-refractivity contribution in [2.45, 2.75) is 5.41 Å². The number of hydrogen-bond acceptors (Lipinski definition) is 2. The number of benzene rings is 10. The lowest BCUT2D eigenvalue weighted by atomic mass is 9.70. The number of hydrogen-bond donors (Lipinski definition) is 0. The van der Waals surface area contributed by atoms with Crippen molar-refractivity contribution in [3.05, 3.63) is 247 Å². The van der Waals surface area contributed by atoms with Gasteiger partial charge in [-0.15, -0.1) is 11.3 Å². The maximum Gasteiger partial charge on any atom is 0.0725 e. The quantitative estimate of drug-likeness (QED) is 0.168. The Labute approximate surface area is 359 Å². The predicted molar refractivity (Wildman–Crippen MR) is 259 cm³/mol. The van der Waals surface area contributed by atoms with E-state index in [1.165, 1.54) is 97.7 Å². The summed E-state index contributed by atoms with van der Waals surface area (Å²) in [4.78, 5) is 2.47. The zero-order chi connectivity index (χ0) is 40.1. The normalized spacial score (nSPS) is 13.0. The van der Waals surface area contributed by atoms with E-state index in [0.29, 0.717) is 0 Å². The fourth-order valence-corrected chi connectivity index (χ4v) is 12.1. The standard InChI is InChI=1S/C59H37NS/c1-2-18-41-38(16-1)17-13-32-54(41)60(55-31-11-6-21-45(55)47-25-14-26-48-46-22-7-12-33-56(46)61-58(47)48)40-36-34-39(35-37-40)42-24-15-30-53-57(42)49-23-5-10-29-52(49)59(53)50-27-8-3-19-43(50)44-20-4-9-28-51(44)59/h1-37H. The summed E-state index contributed by atoms with van der Waals surface area (Å²) in [5.41, 5.74) is 18.7. The van der Waals surface area contributed by atoms with E-state index in [-0.39, 0.29) is 5.41 Å². The first-order chi connectivity index (χ1) is 30.3. The van der Waals surface area contributed by atoms with E-state index in [4.69, 9.17) is 0 Å². The summed E-state index contributed by atoms with van der Waals surface area (Å²) in [6.07, 6.45) is 0. The fraction of sp³-hybridized carbons (Fsp3) is 0.0169. The molecule has 61 heavy (non-hydrogen) atoms. The molecule has 2 aliphatic rings. The number of thiophene rings is 1. The van der Waals surface area contributed by atoms with E-state index in [1.807, 2.05) is 11.3 Å². The Morgan fingerprint density at radius 1 is 0.328 bits per heavy atom. The molecule has 2 aliphatic carbocycles. The van der Waals surface area contributed by atoms with Gasteiger partial charge < -0.3 is 4.90 Å². The summed E-state index contributed by atoms with van der Waals surface area (Å²) >= 11 is 1.88. The highest BCUT2D eigenvalue weighted by Crippen LogP contribution is 2.64. The summed E-state index contributed by atoms with van der Waals surface area (Å²) in [6.45, 7) is 0. The second-order valence-electron chi connectivity index (χ2n) is 16.3. The van der Waals surface area contributed by atoms with E-state index in [0.717, 1.165) is 17.1 Å². The van der Waals surface area contributed by atoms with Crippen LogP contribution < -0.4 is 4.90 Å². The molecule has 1 heterocycles. The maximum absolute atomic E-state index is 2.47. The van der Waals surface area contributed by atoms with Crippen LogP contribution in [0.15, 0.2) is 224 Å². The molecule has 0 N–H and O–H groups in total. The largest absolute Gasteiger partial charge is 0.309 e. The molecule has 0 unspecified atom stereocenters. The molecular formula is C59H37NS. The van der Waals surface area contributed by atoms with Gasteiger partial charge in [-0.3, -0.25) is 0 Å². The third kappa shape index (κ3) is 4.83. The van der Waals surface area contributed by atoms with Crippen molar-refractivity contribution in [2.24, 2.45) is 0 Å². The second-order valence-corrected chi connectivity index (χ2v) is 17.3. The summed E-state index contributed by atoms with van der Waals surface area (Å²) in [6, 6.07) is 83.4. The zero-order valence-electron chi connectivity index (χ0n) is 33.2. The van der Waals surface area contributed by atoms with Crippen molar-refractivity contribution in [1.82, 2.24) is 0 Å². The van der Waals surface area contributed by atoms with Crippen LogP contribution in [0.3, 0.4) is 0 Å². The van der Waals surface area contributed by atoms with Gasteiger partial charge in [-0.2, -0.15) is 0 Å². The fourth-order valence-electron chi connectivity index (χ4n) is 10.8. The van der Waals surface area contributed by atoms with Crippen LogP contribution in [0.5, 0.6) is 0 Å². The molecule has 13 rings (SSSR count). The van der Waals surface area contributed by atoms with Gasteiger partial charge in [0.2, 0.25) is 0 Å². The lowest BCUT2D eigenvalue weighted by Gasteiger charge is -2.30. The predicted octanol–water partition coefficient (Wildman–Crippen LogP) is 16.4. The van der Waals surface area contributed by atoms with Gasteiger partial charge in [0, 0.05) is 42.4 Å². The van der Waals surface area contributed by atoms with Gasteiger partial charge in [-0.1, -0.05) is 194 Å². The molecule has 0 fully saturated rings. The number of nitrogens with zero attached hydrogens (tertiary/aromatic N) is 1. The molecule has 0 atom stereocenters. The average Bonchev–Trinajstić information content (AvgIpc) is 3.97. The summed E-state index contributed by atoms with van der Waals surface area (Å²) in [5.74, 6) is 0. The van der Waals surface area contributed by atoms with E-state index >= 15 is 0 Å². The molecule has 2 heteroatoms. The van der Waals surface area contributed by atoms with Crippen LogP contribution in [0.2, 0.25) is 0 Å². The molecule has 0 saturated carbocycles. The molecule has 0 aliphatic heterocycles. The van der Waals surface area contributed by atoms with Crippen molar-refractivity contribution in [3.8, 4) is 44.5 Å². The van der Waals surface area contributed by atoms with Crippen LogP contribution in [0.4, 0.5) is 17.1 Å². The Bertz CT molecular complexity index is 3500. The van der Waals surface area contributed by atoms with Gasteiger partial charge in [0.25, 0.3) is 0 Å².